The smallest absolute Gasteiger partial charge is 0.140 e. The Morgan fingerprint density at radius 1 is 1.11 bits per heavy atom. The first-order valence-corrected chi connectivity index (χ1v) is 6.74. The summed E-state index contributed by atoms with van der Waals surface area (Å²) in [6.07, 6.45) is 5.61. The van der Waals surface area contributed by atoms with E-state index in [4.69, 9.17) is 0 Å². The highest BCUT2D eigenvalue weighted by Crippen LogP contribution is 2.22. The summed E-state index contributed by atoms with van der Waals surface area (Å²) in [5, 5.41) is 0. The second kappa shape index (κ2) is 7.67. The van der Waals surface area contributed by atoms with Gasteiger partial charge in [0, 0.05) is 0 Å². The average molecular weight is 258 g/mol. The number of hydrogen-bond donors (Lipinski definition) is 0. The molecule has 0 saturated heterocycles. The number of allylic oxidation sites excluding steroid dienone is 2. The first-order valence-electron chi connectivity index (χ1n) is 6.74. The van der Waals surface area contributed by atoms with E-state index in [2.05, 4.69) is 12.1 Å². The van der Waals surface area contributed by atoms with Gasteiger partial charge in [0.15, 0.2) is 0 Å². The molecule has 1 aromatic rings. The number of ketones is 2. The molecule has 1 aromatic carbocycles. The van der Waals surface area contributed by atoms with Crippen LogP contribution in [-0.2, 0) is 16.0 Å². The Labute approximate surface area is 115 Å². The maximum absolute atomic E-state index is 11.7. The van der Waals surface area contributed by atoms with E-state index in [1.807, 2.05) is 37.3 Å². The predicted octanol–water partition coefficient (Wildman–Crippen LogP) is 3.61. The van der Waals surface area contributed by atoms with Gasteiger partial charge in [0.05, 0.1) is 5.92 Å². The zero-order chi connectivity index (χ0) is 14.3. The minimum atomic E-state index is -0.500. The molecule has 19 heavy (non-hydrogen) atoms. The highest BCUT2D eigenvalue weighted by Gasteiger charge is 2.27. The molecule has 0 spiro atoms. The fourth-order valence-electron chi connectivity index (χ4n) is 2.49. The highest BCUT2D eigenvalue weighted by molar-refractivity contribution is 6.00. The summed E-state index contributed by atoms with van der Waals surface area (Å²) in [6, 6.07) is 10.1. The Morgan fingerprint density at radius 3 is 2.16 bits per heavy atom. The molecule has 0 aliphatic rings. The first-order chi connectivity index (χ1) is 9.06. The zero-order valence-corrected chi connectivity index (χ0v) is 11.9. The van der Waals surface area contributed by atoms with Crippen LogP contribution in [0, 0.1) is 11.8 Å². The van der Waals surface area contributed by atoms with E-state index in [9.17, 15) is 9.59 Å². The maximum atomic E-state index is 11.7. The fourth-order valence-corrected chi connectivity index (χ4v) is 2.49. The fraction of sp³-hybridized carbons (Fsp3) is 0.412. The molecule has 1 rings (SSSR count). The molecule has 1 unspecified atom stereocenters. The molecule has 0 bridgehead atoms. The van der Waals surface area contributed by atoms with Crippen molar-refractivity contribution >= 4 is 11.6 Å². The highest BCUT2D eigenvalue weighted by atomic mass is 16.1. The molecule has 0 amide bonds. The normalized spacial score (nSPS) is 12.8. The lowest BCUT2D eigenvalue weighted by molar-refractivity contribution is -0.131. The van der Waals surface area contributed by atoms with Crippen LogP contribution >= 0.6 is 0 Å². The third-order valence-electron chi connectivity index (χ3n) is 3.35. The molecule has 2 heteroatoms. The van der Waals surface area contributed by atoms with Crippen molar-refractivity contribution in [3.8, 4) is 0 Å². The van der Waals surface area contributed by atoms with E-state index in [-0.39, 0.29) is 17.5 Å². The van der Waals surface area contributed by atoms with Gasteiger partial charge in [-0.25, -0.2) is 0 Å². The third kappa shape index (κ3) is 4.82. The van der Waals surface area contributed by atoms with Crippen LogP contribution < -0.4 is 0 Å². The van der Waals surface area contributed by atoms with Crippen LogP contribution in [0.15, 0.2) is 42.5 Å². The van der Waals surface area contributed by atoms with Gasteiger partial charge < -0.3 is 0 Å². The summed E-state index contributed by atoms with van der Waals surface area (Å²) in [5.74, 6) is -0.576. The minimum absolute atomic E-state index is 0.000191. The van der Waals surface area contributed by atoms with E-state index in [0.717, 1.165) is 12.8 Å². The van der Waals surface area contributed by atoms with Crippen molar-refractivity contribution in [1.29, 1.82) is 0 Å². The summed E-state index contributed by atoms with van der Waals surface area (Å²) in [4.78, 5) is 23.3. The monoisotopic (exact) mass is 258 g/mol. The molecule has 0 saturated carbocycles. The van der Waals surface area contributed by atoms with Gasteiger partial charge in [-0.15, -0.1) is 0 Å². The van der Waals surface area contributed by atoms with Gasteiger partial charge >= 0.3 is 0 Å². The van der Waals surface area contributed by atoms with E-state index in [1.54, 1.807) is 0 Å². The summed E-state index contributed by atoms with van der Waals surface area (Å²) < 4.78 is 0. The Morgan fingerprint density at radius 2 is 1.68 bits per heavy atom. The summed E-state index contributed by atoms with van der Waals surface area (Å²) in [6.45, 7) is 4.93. The second-order valence-electron chi connectivity index (χ2n) is 4.91. The van der Waals surface area contributed by atoms with Crippen LogP contribution in [-0.4, -0.2) is 11.6 Å². The number of benzene rings is 1. The number of rotatable bonds is 7. The van der Waals surface area contributed by atoms with Gasteiger partial charge in [-0.05, 0) is 45.1 Å². The number of hydrogen-bond acceptors (Lipinski definition) is 2. The predicted molar refractivity (Wildman–Crippen MR) is 77.9 cm³/mol. The van der Waals surface area contributed by atoms with Crippen LogP contribution in [0.5, 0.6) is 0 Å². The molecule has 2 nitrogen and oxygen atoms in total. The summed E-state index contributed by atoms with van der Waals surface area (Å²) in [5.41, 5.74) is 1.24. The van der Waals surface area contributed by atoms with Crippen LogP contribution in [0.1, 0.15) is 32.8 Å². The van der Waals surface area contributed by atoms with Crippen molar-refractivity contribution in [2.24, 2.45) is 11.8 Å². The van der Waals surface area contributed by atoms with Gasteiger partial charge in [-0.3, -0.25) is 9.59 Å². The van der Waals surface area contributed by atoms with E-state index in [0.29, 0.717) is 0 Å². The Balaban J connectivity index is 2.77. The maximum Gasteiger partial charge on any atom is 0.140 e. The second-order valence-corrected chi connectivity index (χ2v) is 4.91. The number of carbonyl (C=O) groups excluding carboxylic acids is 2. The van der Waals surface area contributed by atoms with Gasteiger partial charge in [0.2, 0.25) is 0 Å². The van der Waals surface area contributed by atoms with Crippen LogP contribution in [0.4, 0.5) is 0 Å². The lowest BCUT2D eigenvalue weighted by Crippen LogP contribution is -2.27. The van der Waals surface area contributed by atoms with Crippen molar-refractivity contribution in [3.05, 3.63) is 48.0 Å². The third-order valence-corrected chi connectivity index (χ3v) is 3.35. The number of carbonyl (C=O) groups is 2. The van der Waals surface area contributed by atoms with Crippen molar-refractivity contribution < 1.29 is 9.59 Å². The number of Topliss-reactive ketones (excluding diaryl/α,β-unsaturated/α-hetero) is 2. The standard InChI is InChI=1S/C17H22O2/c1-4-8-16(17(13(2)18)14(3)19)12-11-15-9-6-5-7-10-15/h4-10,16-17H,11-12H2,1-3H3/b8-4+. The largest absolute Gasteiger partial charge is 0.299 e. The van der Waals surface area contributed by atoms with Crippen molar-refractivity contribution in [3.63, 3.8) is 0 Å². The van der Waals surface area contributed by atoms with E-state index >= 15 is 0 Å². The lowest BCUT2D eigenvalue weighted by Gasteiger charge is -2.20. The van der Waals surface area contributed by atoms with Gasteiger partial charge in [-0.1, -0.05) is 42.5 Å². The average Bonchev–Trinajstić information content (AvgIpc) is 2.36. The summed E-state index contributed by atoms with van der Waals surface area (Å²) >= 11 is 0. The Hall–Kier alpha value is -1.70. The van der Waals surface area contributed by atoms with Crippen LogP contribution in [0.25, 0.3) is 0 Å². The van der Waals surface area contributed by atoms with Crippen LogP contribution in [0.2, 0.25) is 0 Å². The van der Waals surface area contributed by atoms with Gasteiger partial charge in [-0.2, -0.15) is 0 Å². The topological polar surface area (TPSA) is 34.1 Å². The summed E-state index contributed by atoms with van der Waals surface area (Å²) in [7, 11) is 0. The molecule has 0 aliphatic carbocycles. The molecule has 102 valence electrons. The molecule has 0 aliphatic heterocycles. The molecule has 1 atom stereocenters. The molecule has 0 heterocycles. The van der Waals surface area contributed by atoms with E-state index in [1.165, 1.54) is 19.4 Å². The quantitative estimate of drug-likeness (QED) is 0.553. The van der Waals surface area contributed by atoms with Crippen molar-refractivity contribution in [2.75, 3.05) is 0 Å². The molecular formula is C17H22O2. The van der Waals surface area contributed by atoms with Crippen molar-refractivity contribution in [2.45, 2.75) is 33.6 Å². The molecular weight excluding hydrogens is 236 g/mol. The Bertz CT molecular complexity index is 432. The minimum Gasteiger partial charge on any atom is -0.299 e. The first kappa shape index (κ1) is 15.4. The zero-order valence-electron chi connectivity index (χ0n) is 11.9. The van der Waals surface area contributed by atoms with Crippen molar-refractivity contribution in [1.82, 2.24) is 0 Å². The SMILES string of the molecule is C/C=C/C(CCc1ccccc1)C(C(C)=O)C(C)=O. The Kier molecular flexibility index (Phi) is 6.20. The molecule has 0 radical (unpaired) electrons. The number of aryl methyl sites for hydroxylation is 1. The van der Waals surface area contributed by atoms with E-state index < -0.39 is 5.92 Å². The lowest BCUT2D eigenvalue weighted by atomic mass is 9.82. The molecule has 0 aromatic heterocycles. The molecule has 0 fully saturated rings. The molecule has 0 N–H and O–H groups in total. The van der Waals surface area contributed by atoms with Crippen LogP contribution in [0.3, 0.4) is 0 Å². The van der Waals surface area contributed by atoms with Gasteiger partial charge in [0.1, 0.15) is 11.6 Å². The van der Waals surface area contributed by atoms with Gasteiger partial charge in [0.25, 0.3) is 0 Å².